The molecule has 0 bridgehead atoms. The fourth-order valence-corrected chi connectivity index (χ4v) is 3.97. The second-order valence-corrected chi connectivity index (χ2v) is 6.85. The van der Waals surface area contributed by atoms with Gasteiger partial charge in [-0.15, -0.1) is 0 Å². The number of rotatable bonds is 4. The van der Waals surface area contributed by atoms with Gasteiger partial charge < -0.3 is 0 Å². The van der Waals surface area contributed by atoms with Crippen LogP contribution in [0.5, 0.6) is 0 Å². The van der Waals surface area contributed by atoms with Gasteiger partial charge in [-0.3, -0.25) is 0 Å². The van der Waals surface area contributed by atoms with Gasteiger partial charge in [0.05, 0.1) is 0 Å². The first kappa shape index (κ1) is 14.2. The molecule has 0 heterocycles. The quantitative estimate of drug-likeness (QED) is 0.617. The molecule has 2 aromatic rings. The Morgan fingerprint density at radius 2 is 1.79 bits per heavy atom. The molecule has 0 aliphatic heterocycles. The van der Waals surface area contributed by atoms with E-state index in [0.717, 1.165) is 10.5 Å². The van der Waals surface area contributed by atoms with Crippen LogP contribution in [0.1, 0.15) is 5.56 Å². The van der Waals surface area contributed by atoms with Crippen LogP contribution in [0.15, 0.2) is 59.6 Å². The van der Waals surface area contributed by atoms with Gasteiger partial charge in [0, 0.05) is 0 Å². The van der Waals surface area contributed by atoms with Crippen molar-refractivity contribution >= 4 is 47.7 Å². The summed E-state index contributed by atoms with van der Waals surface area (Å²) in [7, 11) is 0. The van der Waals surface area contributed by atoms with E-state index in [0.29, 0.717) is 5.02 Å². The Morgan fingerprint density at radius 1 is 1.11 bits per heavy atom. The average Bonchev–Trinajstić information content (AvgIpc) is 2.46. The molecule has 0 N–H and O–H groups in total. The van der Waals surface area contributed by atoms with E-state index in [1.807, 2.05) is 42.5 Å². The Labute approximate surface area is 128 Å². The van der Waals surface area contributed by atoms with Crippen LogP contribution in [0.4, 0.5) is 0 Å². The van der Waals surface area contributed by atoms with Crippen molar-refractivity contribution < 1.29 is 0 Å². The van der Waals surface area contributed by atoms with Crippen LogP contribution in [-0.2, 0) is 0 Å². The van der Waals surface area contributed by atoms with Crippen molar-refractivity contribution in [2.75, 3.05) is 0 Å². The molecular weight excluding hydrogens is 341 g/mol. The summed E-state index contributed by atoms with van der Waals surface area (Å²) < 4.78 is 1.29. The standard InChI is InChI=1S/C15H10ClNSSe/c16-13-8-6-12(7-9-13)15(18-11-17)10-19-14-4-2-1-3-5-14/h1-10H. The molecule has 0 saturated carbocycles. The molecule has 0 unspecified atom stereocenters. The number of nitriles is 1. The van der Waals surface area contributed by atoms with Crippen molar-refractivity contribution in [3.63, 3.8) is 0 Å². The number of hydrogen-bond acceptors (Lipinski definition) is 2. The van der Waals surface area contributed by atoms with Gasteiger partial charge in [0.25, 0.3) is 0 Å². The van der Waals surface area contributed by atoms with E-state index in [1.165, 1.54) is 16.2 Å². The first-order valence-corrected chi connectivity index (χ1v) is 8.57. The Kier molecular flexibility index (Phi) is 5.57. The normalized spacial score (nSPS) is 11.1. The fraction of sp³-hybridized carbons (Fsp3) is 0. The number of nitrogens with zero attached hydrogens (tertiary/aromatic N) is 1. The molecule has 0 fully saturated rings. The van der Waals surface area contributed by atoms with Crippen LogP contribution in [0, 0.1) is 10.7 Å². The number of halogens is 1. The Balaban J connectivity index is 2.20. The molecule has 19 heavy (non-hydrogen) atoms. The van der Waals surface area contributed by atoms with Crippen LogP contribution in [0.2, 0.25) is 5.02 Å². The number of thiocyanates is 1. The maximum absolute atomic E-state index is 8.90. The Hall–Kier alpha value is -1.17. The van der Waals surface area contributed by atoms with Crippen molar-refractivity contribution in [3.05, 3.63) is 70.2 Å². The van der Waals surface area contributed by atoms with Gasteiger partial charge in [-0.2, -0.15) is 0 Å². The third kappa shape index (κ3) is 4.45. The van der Waals surface area contributed by atoms with Crippen LogP contribution >= 0.6 is 23.4 Å². The van der Waals surface area contributed by atoms with E-state index in [2.05, 4.69) is 22.5 Å². The molecule has 0 atom stereocenters. The molecule has 94 valence electrons. The zero-order chi connectivity index (χ0) is 13.5. The molecule has 0 aliphatic rings. The molecule has 2 aromatic carbocycles. The summed E-state index contributed by atoms with van der Waals surface area (Å²) in [5, 5.41) is 11.8. The summed E-state index contributed by atoms with van der Waals surface area (Å²) in [6, 6.07) is 17.9. The van der Waals surface area contributed by atoms with Crippen molar-refractivity contribution in [2.45, 2.75) is 0 Å². The van der Waals surface area contributed by atoms with Crippen LogP contribution in [0.3, 0.4) is 0 Å². The molecule has 0 amide bonds. The number of benzene rings is 2. The van der Waals surface area contributed by atoms with Crippen molar-refractivity contribution in [1.29, 1.82) is 5.26 Å². The molecule has 0 aromatic heterocycles. The summed E-state index contributed by atoms with van der Waals surface area (Å²) in [5.41, 5.74) is 1.04. The molecule has 0 radical (unpaired) electrons. The minimum absolute atomic E-state index is 0.222. The Morgan fingerprint density at radius 3 is 2.42 bits per heavy atom. The van der Waals surface area contributed by atoms with E-state index in [4.69, 9.17) is 16.9 Å². The van der Waals surface area contributed by atoms with Gasteiger partial charge in [0.2, 0.25) is 0 Å². The van der Waals surface area contributed by atoms with Crippen LogP contribution < -0.4 is 4.46 Å². The van der Waals surface area contributed by atoms with Gasteiger partial charge in [0.1, 0.15) is 0 Å². The summed E-state index contributed by atoms with van der Waals surface area (Å²) in [6.45, 7) is 0. The van der Waals surface area contributed by atoms with Crippen molar-refractivity contribution in [2.24, 2.45) is 0 Å². The van der Waals surface area contributed by atoms with Crippen molar-refractivity contribution in [1.82, 2.24) is 0 Å². The molecule has 1 nitrogen and oxygen atoms in total. The van der Waals surface area contributed by atoms with Crippen LogP contribution in [0.25, 0.3) is 4.91 Å². The molecule has 0 spiro atoms. The van der Waals surface area contributed by atoms with E-state index in [-0.39, 0.29) is 15.0 Å². The molecule has 0 aliphatic carbocycles. The van der Waals surface area contributed by atoms with E-state index >= 15 is 0 Å². The summed E-state index contributed by atoms with van der Waals surface area (Å²) in [6.07, 6.45) is 0. The first-order valence-electron chi connectivity index (χ1n) is 5.53. The van der Waals surface area contributed by atoms with E-state index in [9.17, 15) is 0 Å². The van der Waals surface area contributed by atoms with Crippen molar-refractivity contribution in [3.8, 4) is 5.40 Å². The third-order valence-electron chi connectivity index (χ3n) is 2.33. The third-order valence-corrected chi connectivity index (χ3v) is 5.47. The Bertz CT molecular complexity index is 602. The average molecular weight is 351 g/mol. The molecular formula is C15H10ClNSSe. The number of thioether (sulfide) groups is 1. The first-order chi connectivity index (χ1) is 9.29. The van der Waals surface area contributed by atoms with Crippen LogP contribution in [-0.4, -0.2) is 15.0 Å². The fourth-order valence-electron chi connectivity index (χ4n) is 1.43. The predicted octanol–water partition coefficient (Wildman–Crippen LogP) is 3.88. The van der Waals surface area contributed by atoms with E-state index < -0.39 is 0 Å². The van der Waals surface area contributed by atoms with Gasteiger partial charge in [-0.05, 0) is 0 Å². The number of hydrogen-bond donors (Lipinski definition) is 0. The summed E-state index contributed by atoms with van der Waals surface area (Å²) in [4.78, 5) is 3.13. The summed E-state index contributed by atoms with van der Waals surface area (Å²) >= 11 is 7.30. The molecule has 0 saturated heterocycles. The summed E-state index contributed by atoms with van der Waals surface area (Å²) in [5.74, 6) is 0. The second-order valence-electron chi connectivity index (χ2n) is 3.61. The monoisotopic (exact) mass is 351 g/mol. The topological polar surface area (TPSA) is 23.8 Å². The maximum atomic E-state index is 8.90. The van der Waals surface area contributed by atoms with Gasteiger partial charge >= 0.3 is 129 Å². The van der Waals surface area contributed by atoms with E-state index in [1.54, 1.807) is 0 Å². The zero-order valence-electron chi connectivity index (χ0n) is 9.92. The van der Waals surface area contributed by atoms with Gasteiger partial charge in [0.15, 0.2) is 0 Å². The molecule has 2 rings (SSSR count). The predicted molar refractivity (Wildman–Crippen MR) is 84.5 cm³/mol. The minimum atomic E-state index is 0.222. The second kappa shape index (κ2) is 7.43. The molecule has 4 heteroatoms. The van der Waals surface area contributed by atoms with Gasteiger partial charge in [-0.1, -0.05) is 0 Å². The SMILES string of the molecule is N#CSC(=C[Se]c1ccccc1)c1ccc(Cl)cc1. The van der Waals surface area contributed by atoms with Gasteiger partial charge in [-0.25, -0.2) is 0 Å². The zero-order valence-corrected chi connectivity index (χ0v) is 13.2.